The molecule has 164 valence electrons. The molecule has 0 bridgehead atoms. The molecule has 0 unspecified atom stereocenters. The van der Waals surface area contributed by atoms with Gasteiger partial charge >= 0.3 is 0 Å². The molecule has 3 rings (SSSR count). The third-order valence-corrected chi connectivity index (χ3v) is 5.76. The van der Waals surface area contributed by atoms with E-state index in [0.717, 1.165) is 17.5 Å². The van der Waals surface area contributed by atoms with Crippen LogP contribution in [0, 0.1) is 12.8 Å². The fourth-order valence-electron chi connectivity index (χ4n) is 3.94. The summed E-state index contributed by atoms with van der Waals surface area (Å²) in [6.07, 6.45) is 1.40. The molecule has 6 heteroatoms. The van der Waals surface area contributed by atoms with Gasteiger partial charge in [0.05, 0.1) is 0 Å². The second-order valence-electron chi connectivity index (χ2n) is 8.40. The first-order valence-electron chi connectivity index (χ1n) is 10.9. The number of hydrogen-bond donors (Lipinski definition) is 2. The van der Waals surface area contributed by atoms with Crippen LogP contribution in [0.3, 0.4) is 0 Å². The zero-order valence-corrected chi connectivity index (χ0v) is 18.4. The van der Waals surface area contributed by atoms with Crippen molar-refractivity contribution in [3.05, 3.63) is 71.3 Å². The molecule has 0 saturated carbocycles. The summed E-state index contributed by atoms with van der Waals surface area (Å²) in [4.78, 5) is 40.6. The van der Waals surface area contributed by atoms with Gasteiger partial charge in [-0.3, -0.25) is 14.4 Å². The Kier molecular flexibility index (Phi) is 7.45. The SMILES string of the molecule is Cc1ccccc1C(=O)N[C@H](C(=O)N1CCC[C@H]1C(=O)NCc1ccccc1)C(C)C. The van der Waals surface area contributed by atoms with Crippen molar-refractivity contribution in [1.29, 1.82) is 0 Å². The van der Waals surface area contributed by atoms with Crippen molar-refractivity contribution in [2.24, 2.45) is 5.92 Å². The van der Waals surface area contributed by atoms with Crippen LogP contribution in [-0.4, -0.2) is 41.2 Å². The van der Waals surface area contributed by atoms with Gasteiger partial charge in [-0.25, -0.2) is 0 Å². The van der Waals surface area contributed by atoms with Crippen molar-refractivity contribution in [1.82, 2.24) is 15.5 Å². The summed E-state index contributed by atoms with van der Waals surface area (Å²) in [5.41, 5.74) is 2.42. The number of likely N-dealkylation sites (tertiary alicyclic amines) is 1. The average Bonchev–Trinajstić information content (AvgIpc) is 3.26. The third-order valence-electron chi connectivity index (χ3n) is 5.76. The monoisotopic (exact) mass is 421 g/mol. The topological polar surface area (TPSA) is 78.5 Å². The highest BCUT2D eigenvalue weighted by Crippen LogP contribution is 2.21. The van der Waals surface area contributed by atoms with Crippen LogP contribution in [-0.2, 0) is 16.1 Å². The molecule has 0 aliphatic carbocycles. The van der Waals surface area contributed by atoms with Crippen LogP contribution >= 0.6 is 0 Å². The highest BCUT2D eigenvalue weighted by Gasteiger charge is 2.38. The van der Waals surface area contributed by atoms with E-state index >= 15 is 0 Å². The molecule has 0 aromatic heterocycles. The Bertz CT molecular complexity index is 927. The number of carbonyl (C=O) groups is 3. The van der Waals surface area contributed by atoms with E-state index in [1.165, 1.54) is 0 Å². The van der Waals surface area contributed by atoms with E-state index < -0.39 is 12.1 Å². The van der Waals surface area contributed by atoms with E-state index in [4.69, 9.17) is 0 Å². The molecule has 0 spiro atoms. The average molecular weight is 422 g/mol. The highest BCUT2D eigenvalue weighted by molar-refractivity contribution is 5.99. The molecular formula is C25H31N3O3. The van der Waals surface area contributed by atoms with Crippen molar-refractivity contribution >= 4 is 17.7 Å². The lowest BCUT2D eigenvalue weighted by atomic mass is 10.0. The Labute approximate surface area is 184 Å². The smallest absolute Gasteiger partial charge is 0.252 e. The number of nitrogens with one attached hydrogen (secondary N) is 2. The largest absolute Gasteiger partial charge is 0.350 e. The normalized spacial score (nSPS) is 16.8. The van der Waals surface area contributed by atoms with E-state index in [2.05, 4.69) is 10.6 Å². The molecule has 1 fully saturated rings. The Morgan fingerprint density at radius 3 is 2.39 bits per heavy atom. The van der Waals surface area contributed by atoms with Gasteiger partial charge < -0.3 is 15.5 Å². The van der Waals surface area contributed by atoms with Crippen LogP contribution in [0.2, 0.25) is 0 Å². The summed E-state index contributed by atoms with van der Waals surface area (Å²) in [6, 6.07) is 15.8. The van der Waals surface area contributed by atoms with Crippen LogP contribution in [0.15, 0.2) is 54.6 Å². The van der Waals surface area contributed by atoms with Crippen molar-refractivity contribution in [2.45, 2.75) is 52.2 Å². The lowest BCUT2D eigenvalue weighted by Crippen LogP contribution is -2.55. The van der Waals surface area contributed by atoms with Gasteiger partial charge in [-0.1, -0.05) is 62.4 Å². The van der Waals surface area contributed by atoms with Crippen LogP contribution < -0.4 is 10.6 Å². The molecule has 3 amide bonds. The predicted molar refractivity (Wildman–Crippen MR) is 120 cm³/mol. The van der Waals surface area contributed by atoms with Gasteiger partial charge in [0.2, 0.25) is 11.8 Å². The van der Waals surface area contributed by atoms with Crippen molar-refractivity contribution < 1.29 is 14.4 Å². The number of hydrogen-bond acceptors (Lipinski definition) is 3. The number of carbonyl (C=O) groups excluding carboxylic acids is 3. The van der Waals surface area contributed by atoms with Crippen molar-refractivity contribution in [3.8, 4) is 0 Å². The fraction of sp³-hybridized carbons (Fsp3) is 0.400. The van der Waals surface area contributed by atoms with E-state index in [9.17, 15) is 14.4 Å². The molecular weight excluding hydrogens is 390 g/mol. The first-order chi connectivity index (χ1) is 14.9. The lowest BCUT2D eigenvalue weighted by molar-refractivity contribution is -0.140. The van der Waals surface area contributed by atoms with E-state index in [0.29, 0.717) is 25.1 Å². The molecule has 31 heavy (non-hydrogen) atoms. The van der Waals surface area contributed by atoms with Gasteiger partial charge in [-0.15, -0.1) is 0 Å². The Morgan fingerprint density at radius 1 is 1.03 bits per heavy atom. The molecule has 0 radical (unpaired) electrons. The van der Waals surface area contributed by atoms with Gasteiger partial charge in [0.15, 0.2) is 0 Å². The first kappa shape index (κ1) is 22.5. The summed E-state index contributed by atoms with van der Waals surface area (Å²) in [7, 11) is 0. The summed E-state index contributed by atoms with van der Waals surface area (Å²) in [6.45, 7) is 6.62. The minimum Gasteiger partial charge on any atom is -0.350 e. The zero-order chi connectivity index (χ0) is 22.4. The summed E-state index contributed by atoms with van der Waals surface area (Å²) >= 11 is 0. The van der Waals surface area contributed by atoms with Crippen LogP contribution in [0.4, 0.5) is 0 Å². The molecule has 2 aromatic carbocycles. The van der Waals surface area contributed by atoms with E-state index in [-0.39, 0.29) is 23.6 Å². The van der Waals surface area contributed by atoms with Crippen LogP contribution in [0.5, 0.6) is 0 Å². The number of amides is 3. The summed E-state index contributed by atoms with van der Waals surface area (Å²) in [5, 5.41) is 5.85. The number of rotatable bonds is 7. The lowest BCUT2D eigenvalue weighted by Gasteiger charge is -2.30. The third kappa shape index (κ3) is 5.51. The quantitative estimate of drug-likeness (QED) is 0.721. The number of aryl methyl sites for hydroxylation is 1. The molecule has 1 aliphatic rings. The second kappa shape index (κ2) is 10.2. The van der Waals surface area contributed by atoms with E-state index in [1.807, 2.05) is 69.3 Å². The number of nitrogens with zero attached hydrogens (tertiary/aromatic N) is 1. The summed E-state index contributed by atoms with van der Waals surface area (Å²) in [5.74, 6) is -0.722. The fourth-order valence-corrected chi connectivity index (χ4v) is 3.94. The van der Waals surface area contributed by atoms with Crippen LogP contribution in [0.25, 0.3) is 0 Å². The molecule has 6 nitrogen and oxygen atoms in total. The van der Waals surface area contributed by atoms with Gasteiger partial charge in [0.25, 0.3) is 5.91 Å². The zero-order valence-electron chi connectivity index (χ0n) is 18.4. The maximum atomic E-state index is 13.4. The highest BCUT2D eigenvalue weighted by atomic mass is 16.2. The van der Waals surface area contributed by atoms with Crippen LogP contribution in [0.1, 0.15) is 48.2 Å². The Hall–Kier alpha value is -3.15. The maximum Gasteiger partial charge on any atom is 0.252 e. The van der Waals surface area contributed by atoms with E-state index in [1.54, 1.807) is 11.0 Å². The number of benzene rings is 2. The molecule has 2 atom stereocenters. The standard InChI is InChI=1S/C25H31N3O3/c1-17(2)22(27-23(29)20-13-8-7-10-18(20)3)25(31)28-15-9-14-21(28)24(30)26-16-19-11-5-4-6-12-19/h4-8,10-13,17,21-22H,9,14-16H2,1-3H3,(H,26,30)(H,27,29)/t21-,22-/m0/s1. The summed E-state index contributed by atoms with van der Waals surface area (Å²) < 4.78 is 0. The Morgan fingerprint density at radius 2 is 1.71 bits per heavy atom. The Balaban J connectivity index is 1.68. The molecule has 2 aromatic rings. The van der Waals surface area contributed by atoms with Gasteiger partial charge in [0, 0.05) is 18.7 Å². The minimum absolute atomic E-state index is 0.103. The van der Waals surface area contributed by atoms with Gasteiger partial charge in [-0.05, 0) is 42.9 Å². The molecule has 1 saturated heterocycles. The van der Waals surface area contributed by atoms with Gasteiger partial charge in [0.1, 0.15) is 12.1 Å². The second-order valence-corrected chi connectivity index (χ2v) is 8.40. The predicted octanol–water partition coefficient (Wildman–Crippen LogP) is 3.06. The van der Waals surface area contributed by atoms with Crippen molar-refractivity contribution in [3.63, 3.8) is 0 Å². The maximum absolute atomic E-state index is 13.4. The minimum atomic E-state index is -0.686. The van der Waals surface area contributed by atoms with Gasteiger partial charge in [-0.2, -0.15) is 0 Å². The van der Waals surface area contributed by atoms with Crippen molar-refractivity contribution in [2.75, 3.05) is 6.54 Å². The first-order valence-corrected chi connectivity index (χ1v) is 10.9. The molecule has 1 heterocycles. The molecule has 1 aliphatic heterocycles. The molecule has 2 N–H and O–H groups in total.